The SMILES string of the molecule is FC(F)(F)c1ccc(-c2ccc3c(c2)CCCC3)nc1.FC(F)(F)c1ccc(Cl)nc1.OB(O)c1ccc2c(c1)CCCC2. The van der Waals surface area contributed by atoms with E-state index in [-0.39, 0.29) is 5.15 Å². The van der Waals surface area contributed by atoms with Gasteiger partial charge in [-0.3, -0.25) is 4.98 Å². The van der Waals surface area contributed by atoms with Gasteiger partial charge in [0.1, 0.15) is 5.15 Å². The Kier molecular flexibility index (Phi) is 11.1. The second kappa shape index (κ2) is 14.6. The number of fused-ring (bicyclic) bond motifs is 2. The van der Waals surface area contributed by atoms with Crippen LogP contribution in [-0.4, -0.2) is 27.1 Å². The molecule has 0 atom stereocenters. The summed E-state index contributed by atoms with van der Waals surface area (Å²) in [7, 11) is -1.33. The lowest BCUT2D eigenvalue weighted by molar-refractivity contribution is -0.138. The molecule has 12 heteroatoms. The van der Waals surface area contributed by atoms with Crippen LogP contribution in [0.1, 0.15) is 59.1 Å². The van der Waals surface area contributed by atoms with Gasteiger partial charge in [0.25, 0.3) is 0 Å². The van der Waals surface area contributed by atoms with Crippen molar-refractivity contribution in [2.24, 2.45) is 0 Å². The minimum Gasteiger partial charge on any atom is -0.423 e. The lowest BCUT2D eigenvalue weighted by atomic mass is 9.77. The molecule has 0 spiro atoms. The third-order valence-corrected chi connectivity index (χ3v) is 7.68. The molecule has 0 aliphatic heterocycles. The average Bonchev–Trinajstić information content (AvgIpc) is 3.00. The molecular weight excluding hydrogens is 605 g/mol. The van der Waals surface area contributed by atoms with Gasteiger partial charge < -0.3 is 10.0 Å². The van der Waals surface area contributed by atoms with Crippen LogP contribution in [0.2, 0.25) is 5.15 Å². The predicted molar refractivity (Wildman–Crippen MR) is 158 cm³/mol. The van der Waals surface area contributed by atoms with Gasteiger partial charge in [-0.25, -0.2) is 4.98 Å². The number of aryl methyl sites for hydroxylation is 4. The molecule has 0 saturated heterocycles. The van der Waals surface area contributed by atoms with Crippen molar-refractivity contribution in [1.29, 1.82) is 0 Å². The molecule has 0 amide bonds. The minimum atomic E-state index is -4.34. The van der Waals surface area contributed by atoms with Crippen molar-refractivity contribution in [3.8, 4) is 11.3 Å². The van der Waals surface area contributed by atoms with Crippen molar-refractivity contribution >= 4 is 24.2 Å². The highest BCUT2D eigenvalue weighted by atomic mass is 35.5. The maximum absolute atomic E-state index is 12.5. The molecule has 0 bridgehead atoms. The molecule has 2 heterocycles. The van der Waals surface area contributed by atoms with Gasteiger partial charge in [0.2, 0.25) is 0 Å². The first kappa shape index (κ1) is 33.5. The van der Waals surface area contributed by atoms with E-state index < -0.39 is 30.6 Å². The van der Waals surface area contributed by atoms with Crippen molar-refractivity contribution in [3.63, 3.8) is 0 Å². The number of rotatable bonds is 2. The molecule has 2 aliphatic rings. The smallest absolute Gasteiger partial charge is 0.423 e. The number of alkyl halides is 6. The summed E-state index contributed by atoms with van der Waals surface area (Å²) in [4.78, 5) is 7.24. The molecule has 2 N–H and O–H groups in total. The Labute approximate surface area is 256 Å². The van der Waals surface area contributed by atoms with E-state index in [2.05, 4.69) is 22.1 Å². The summed E-state index contributed by atoms with van der Waals surface area (Å²) in [5, 5.41) is 18.0. The van der Waals surface area contributed by atoms with Crippen LogP contribution in [0.15, 0.2) is 73.1 Å². The van der Waals surface area contributed by atoms with E-state index in [0.717, 1.165) is 55.6 Å². The van der Waals surface area contributed by atoms with Crippen LogP contribution in [-0.2, 0) is 38.0 Å². The third kappa shape index (κ3) is 9.30. The molecule has 4 aromatic rings. The number of pyridine rings is 2. The van der Waals surface area contributed by atoms with Gasteiger partial charge in [0, 0.05) is 18.0 Å². The van der Waals surface area contributed by atoms with Crippen molar-refractivity contribution < 1.29 is 36.4 Å². The Morgan fingerprint density at radius 2 is 1.09 bits per heavy atom. The maximum Gasteiger partial charge on any atom is 0.488 e. The van der Waals surface area contributed by atoms with Gasteiger partial charge in [-0.05, 0) is 109 Å². The van der Waals surface area contributed by atoms with Crippen LogP contribution in [0, 0.1) is 0 Å². The number of aromatic nitrogens is 2. The van der Waals surface area contributed by atoms with Gasteiger partial charge >= 0.3 is 19.5 Å². The summed E-state index contributed by atoms with van der Waals surface area (Å²) in [5.41, 5.74) is 5.90. The number of hydrogen-bond donors (Lipinski definition) is 2. The summed E-state index contributed by atoms with van der Waals surface area (Å²) >= 11 is 5.28. The largest absolute Gasteiger partial charge is 0.488 e. The molecule has 0 radical (unpaired) electrons. The average molecular weight is 635 g/mol. The monoisotopic (exact) mass is 634 g/mol. The molecule has 232 valence electrons. The van der Waals surface area contributed by atoms with Gasteiger partial charge in [-0.15, -0.1) is 0 Å². The standard InChI is InChI=1S/C16H14F3N.C10H13BO2.C6H3ClF3N/c17-16(18,19)14-7-8-15(20-10-14)13-6-5-11-3-1-2-4-12(11)9-13;12-11(13)10-6-5-8-3-1-2-4-9(8)7-10;7-5-2-1-4(3-11-5)6(8,9)10/h5-10H,1-4H2;5-7,12-13H,1-4H2;1-3H. The Morgan fingerprint density at radius 1 is 0.591 bits per heavy atom. The van der Waals surface area contributed by atoms with Gasteiger partial charge in [-0.1, -0.05) is 41.9 Å². The quantitative estimate of drug-likeness (QED) is 0.135. The topological polar surface area (TPSA) is 66.2 Å². The highest BCUT2D eigenvalue weighted by Gasteiger charge is 2.31. The molecular formula is C32H30BClF6N2O2. The molecule has 0 unspecified atom stereocenters. The number of benzene rings is 2. The molecule has 0 saturated carbocycles. The lowest BCUT2D eigenvalue weighted by Gasteiger charge is -2.16. The first-order chi connectivity index (χ1) is 20.8. The zero-order valence-electron chi connectivity index (χ0n) is 23.6. The summed E-state index contributed by atoms with van der Waals surface area (Å²) < 4.78 is 73.0. The molecule has 2 aromatic heterocycles. The van der Waals surface area contributed by atoms with E-state index in [4.69, 9.17) is 21.6 Å². The van der Waals surface area contributed by atoms with Crippen LogP contribution in [0.3, 0.4) is 0 Å². The van der Waals surface area contributed by atoms with Crippen molar-refractivity contribution in [3.05, 3.63) is 112 Å². The van der Waals surface area contributed by atoms with E-state index in [1.165, 1.54) is 54.0 Å². The molecule has 2 aromatic carbocycles. The minimum absolute atomic E-state index is 0.0537. The zero-order valence-corrected chi connectivity index (χ0v) is 24.4. The number of nitrogens with zero attached hydrogens (tertiary/aromatic N) is 2. The highest BCUT2D eigenvalue weighted by Crippen LogP contribution is 2.31. The van der Waals surface area contributed by atoms with Crippen LogP contribution >= 0.6 is 11.6 Å². The molecule has 44 heavy (non-hydrogen) atoms. The second-order valence-electron chi connectivity index (χ2n) is 10.6. The van der Waals surface area contributed by atoms with Crippen LogP contribution in [0.4, 0.5) is 26.3 Å². The first-order valence-electron chi connectivity index (χ1n) is 14.1. The van der Waals surface area contributed by atoms with E-state index in [9.17, 15) is 26.3 Å². The number of halogens is 7. The molecule has 0 fully saturated rings. The van der Waals surface area contributed by atoms with E-state index in [1.807, 2.05) is 18.2 Å². The first-order valence-corrected chi connectivity index (χ1v) is 14.5. The Morgan fingerprint density at radius 3 is 1.57 bits per heavy atom. The highest BCUT2D eigenvalue weighted by molar-refractivity contribution is 6.58. The van der Waals surface area contributed by atoms with Gasteiger partial charge in [0.05, 0.1) is 16.8 Å². The Bertz CT molecular complexity index is 1530. The van der Waals surface area contributed by atoms with Gasteiger partial charge in [-0.2, -0.15) is 26.3 Å². The maximum atomic E-state index is 12.5. The zero-order chi connectivity index (χ0) is 31.9. The molecule has 2 aliphatic carbocycles. The summed E-state index contributed by atoms with van der Waals surface area (Å²) in [6, 6.07) is 16.3. The fraction of sp³-hybridized carbons (Fsp3) is 0.312. The normalized spacial score (nSPS) is 14.2. The summed E-state index contributed by atoms with van der Waals surface area (Å²) in [6.45, 7) is 0. The molecule has 4 nitrogen and oxygen atoms in total. The Hall–Kier alpha value is -3.41. The van der Waals surface area contributed by atoms with Crippen LogP contribution in [0.5, 0.6) is 0 Å². The fourth-order valence-electron chi connectivity index (χ4n) is 5.08. The van der Waals surface area contributed by atoms with Gasteiger partial charge in [0.15, 0.2) is 0 Å². The van der Waals surface area contributed by atoms with Crippen molar-refractivity contribution in [1.82, 2.24) is 9.97 Å². The van der Waals surface area contributed by atoms with E-state index in [0.29, 0.717) is 17.4 Å². The predicted octanol–water partition coefficient (Wildman–Crippen LogP) is 7.65. The van der Waals surface area contributed by atoms with Crippen LogP contribution in [0.25, 0.3) is 11.3 Å². The van der Waals surface area contributed by atoms with Crippen molar-refractivity contribution in [2.45, 2.75) is 63.7 Å². The summed E-state index contributed by atoms with van der Waals surface area (Å²) in [5.74, 6) is 0. The second-order valence-corrected chi connectivity index (χ2v) is 11.0. The van der Waals surface area contributed by atoms with E-state index in [1.54, 1.807) is 6.07 Å². The Balaban J connectivity index is 0.000000160. The summed E-state index contributed by atoms with van der Waals surface area (Å²) in [6.07, 6.45) is 2.15. The third-order valence-electron chi connectivity index (χ3n) is 7.46. The molecule has 6 rings (SSSR count). The number of hydrogen-bond acceptors (Lipinski definition) is 4. The van der Waals surface area contributed by atoms with Crippen LogP contribution < -0.4 is 5.46 Å². The van der Waals surface area contributed by atoms with Crippen molar-refractivity contribution in [2.75, 3.05) is 0 Å². The fourth-order valence-corrected chi connectivity index (χ4v) is 5.19. The van der Waals surface area contributed by atoms with E-state index >= 15 is 0 Å². The lowest BCUT2D eigenvalue weighted by Crippen LogP contribution is -2.30.